The number of unbranched alkanes of at least 4 members (excludes halogenated alkanes) is 49. The largest absolute Gasteiger partial charge is 0.472 e. The minimum absolute atomic E-state index is 0.104. The molecular formula is C80H156O17P2. The number of phosphoric acid groups is 2. The zero-order valence-electron chi connectivity index (χ0n) is 64.8. The summed E-state index contributed by atoms with van der Waals surface area (Å²) in [7, 11) is -9.91. The Balaban J connectivity index is 5.14. The molecule has 0 aromatic rings. The van der Waals surface area contributed by atoms with Crippen molar-refractivity contribution in [1.29, 1.82) is 0 Å². The van der Waals surface area contributed by atoms with Gasteiger partial charge in [-0.25, -0.2) is 9.13 Å². The molecule has 0 aliphatic rings. The molecule has 0 saturated carbocycles. The van der Waals surface area contributed by atoms with Crippen molar-refractivity contribution in [3.8, 4) is 0 Å². The number of hydrogen-bond acceptors (Lipinski definition) is 15. The van der Waals surface area contributed by atoms with Gasteiger partial charge in [0.1, 0.15) is 19.3 Å². The van der Waals surface area contributed by atoms with Gasteiger partial charge >= 0.3 is 39.5 Å². The second kappa shape index (κ2) is 71.7. The minimum atomic E-state index is -4.96. The molecule has 0 amide bonds. The van der Waals surface area contributed by atoms with Gasteiger partial charge in [-0.15, -0.1) is 0 Å². The molecule has 588 valence electrons. The summed E-state index contributed by atoms with van der Waals surface area (Å²) in [5, 5.41) is 10.6. The van der Waals surface area contributed by atoms with E-state index in [1.165, 1.54) is 225 Å². The number of esters is 4. The van der Waals surface area contributed by atoms with Crippen LogP contribution in [0.3, 0.4) is 0 Å². The molecule has 0 bridgehead atoms. The second-order valence-electron chi connectivity index (χ2n) is 29.8. The molecule has 5 atom stereocenters. The highest BCUT2D eigenvalue weighted by Gasteiger charge is 2.30. The smallest absolute Gasteiger partial charge is 0.462 e. The van der Waals surface area contributed by atoms with Crippen LogP contribution in [0.1, 0.15) is 420 Å². The lowest BCUT2D eigenvalue weighted by Crippen LogP contribution is -2.30. The van der Waals surface area contributed by atoms with E-state index in [0.717, 1.165) is 115 Å². The molecule has 3 N–H and O–H groups in total. The highest BCUT2D eigenvalue weighted by molar-refractivity contribution is 7.47. The number of aliphatic hydroxyl groups excluding tert-OH is 1. The zero-order valence-corrected chi connectivity index (χ0v) is 66.6. The number of ether oxygens (including phenoxy) is 4. The number of carbonyl (C=O) groups is 4. The Bertz CT molecular complexity index is 1910. The second-order valence-corrected chi connectivity index (χ2v) is 32.7. The van der Waals surface area contributed by atoms with Gasteiger partial charge in [-0.1, -0.05) is 369 Å². The van der Waals surface area contributed by atoms with E-state index >= 15 is 0 Å². The van der Waals surface area contributed by atoms with E-state index in [0.29, 0.717) is 25.7 Å². The van der Waals surface area contributed by atoms with E-state index in [1.807, 2.05) is 0 Å². The van der Waals surface area contributed by atoms with Crippen LogP contribution in [-0.2, 0) is 65.4 Å². The summed E-state index contributed by atoms with van der Waals surface area (Å²) in [6, 6.07) is 0. The third-order valence-corrected chi connectivity index (χ3v) is 20.6. The average molecular weight is 1450 g/mol. The SMILES string of the molecule is CCCCCCCCCCCCCCCCCCCCCCCCC(=O)O[C@H](COC(=O)CCCCCCCCCCCCCCCCCCC(C)C)COP(=O)(O)OC[C@@H](O)COP(=O)(O)OC[C@@H](COC(=O)CCCCCCCCC)OC(=O)CCCCCCCCCCC(C)C. The van der Waals surface area contributed by atoms with Crippen LogP contribution in [0, 0.1) is 11.8 Å². The van der Waals surface area contributed by atoms with E-state index in [2.05, 4.69) is 41.5 Å². The van der Waals surface area contributed by atoms with Gasteiger partial charge in [-0.05, 0) is 37.5 Å². The van der Waals surface area contributed by atoms with Crippen LogP contribution in [-0.4, -0.2) is 96.7 Å². The van der Waals surface area contributed by atoms with Crippen molar-refractivity contribution in [1.82, 2.24) is 0 Å². The van der Waals surface area contributed by atoms with Crippen molar-refractivity contribution in [3.63, 3.8) is 0 Å². The molecule has 0 spiro atoms. The Labute approximate surface area is 607 Å². The molecule has 0 aromatic heterocycles. The van der Waals surface area contributed by atoms with E-state index < -0.39 is 97.5 Å². The van der Waals surface area contributed by atoms with Crippen molar-refractivity contribution < 1.29 is 80.2 Å². The van der Waals surface area contributed by atoms with Crippen molar-refractivity contribution >= 4 is 39.5 Å². The molecule has 0 aliphatic carbocycles. The first kappa shape index (κ1) is 97.1. The monoisotopic (exact) mass is 1450 g/mol. The summed E-state index contributed by atoms with van der Waals surface area (Å²) in [4.78, 5) is 72.8. The lowest BCUT2D eigenvalue weighted by atomic mass is 10.0. The van der Waals surface area contributed by atoms with Gasteiger partial charge in [0, 0.05) is 25.7 Å². The summed E-state index contributed by atoms with van der Waals surface area (Å²) in [5.74, 6) is -0.588. The molecule has 0 fully saturated rings. The number of carbonyl (C=O) groups excluding carboxylic acids is 4. The maximum atomic E-state index is 13.1. The fourth-order valence-corrected chi connectivity index (χ4v) is 13.9. The molecule has 0 heterocycles. The maximum absolute atomic E-state index is 13.1. The van der Waals surface area contributed by atoms with Crippen LogP contribution in [0.25, 0.3) is 0 Å². The lowest BCUT2D eigenvalue weighted by molar-refractivity contribution is -0.161. The Hall–Kier alpha value is -1.94. The van der Waals surface area contributed by atoms with Gasteiger partial charge in [0.2, 0.25) is 0 Å². The Morgan fingerprint density at radius 1 is 0.273 bits per heavy atom. The standard InChI is InChI=1S/C80H156O17P2/c1-7-9-11-13-15-16-17-18-19-20-21-22-23-24-25-30-33-36-39-46-52-58-64-79(84)96-76(69-91-78(83)63-57-51-45-38-35-32-29-27-26-28-31-34-37-43-48-54-60-72(3)4)71-95-99(88,89)93-67-74(81)66-92-98(86,87)94-70-75(68-90-77(82)62-56-50-42-14-12-10-8-2)97-80(85)65-59-53-47-41-40-44-49-55-61-73(5)6/h72-76,81H,7-71H2,1-6H3,(H,86,87)(H,88,89)/t74-,75+,76+/m0/s1. The fraction of sp³-hybridized carbons (Fsp3) is 0.950. The summed E-state index contributed by atoms with van der Waals surface area (Å²) in [6.45, 7) is 9.56. The van der Waals surface area contributed by atoms with Crippen molar-refractivity contribution in [2.24, 2.45) is 11.8 Å². The first-order valence-electron chi connectivity index (χ1n) is 41.5. The third kappa shape index (κ3) is 74.1. The maximum Gasteiger partial charge on any atom is 0.472 e. The summed E-state index contributed by atoms with van der Waals surface area (Å²) in [5.41, 5.74) is 0. The summed E-state index contributed by atoms with van der Waals surface area (Å²) in [6.07, 6.45) is 61.5. The highest BCUT2D eigenvalue weighted by Crippen LogP contribution is 2.45. The normalized spacial score (nSPS) is 13.9. The van der Waals surface area contributed by atoms with Gasteiger partial charge in [-0.2, -0.15) is 0 Å². The van der Waals surface area contributed by atoms with Gasteiger partial charge in [0.25, 0.3) is 0 Å². The van der Waals surface area contributed by atoms with Gasteiger partial charge < -0.3 is 33.8 Å². The zero-order chi connectivity index (χ0) is 72.8. The van der Waals surface area contributed by atoms with Crippen LogP contribution in [0.4, 0.5) is 0 Å². The number of rotatable bonds is 79. The highest BCUT2D eigenvalue weighted by atomic mass is 31.2. The molecule has 0 radical (unpaired) electrons. The number of hydrogen-bond donors (Lipinski definition) is 3. The Morgan fingerprint density at radius 2 is 0.465 bits per heavy atom. The van der Waals surface area contributed by atoms with Crippen LogP contribution in [0.5, 0.6) is 0 Å². The van der Waals surface area contributed by atoms with Gasteiger partial charge in [-0.3, -0.25) is 37.3 Å². The van der Waals surface area contributed by atoms with E-state index in [4.69, 9.17) is 37.0 Å². The van der Waals surface area contributed by atoms with Crippen LogP contribution in [0.15, 0.2) is 0 Å². The Morgan fingerprint density at radius 3 is 0.687 bits per heavy atom. The molecule has 99 heavy (non-hydrogen) atoms. The first-order valence-corrected chi connectivity index (χ1v) is 44.5. The van der Waals surface area contributed by atoms with E-state index in [1.54, 1.807) is 0 Å². The lowest BCUT2D eigenvalue weighted by Gasteiger charge is -2.21. The van der Waals surface area contributed by atoms with Crippen LogP contribution >= 0.6 is 15.6 Å². The van der Waals surface area contributed by atoms with Crippen LogP contribution < -0.4 is 0 Å². The van der Waals surface area contributed by atoms with Crippen LogP contribution in [0.2, 0.25) is 0 Å². The van der Waals surface area contributed by atoms with E-state index in [9.17, 15) is 43.2 Å². The van der Waals surface area contributed by atoms with Crippen molar-refractivity contribution in [2.45, 2.75) is 439 Å². The van der Waals surface area contributed by atoms with Gasteiger partial charge in [0.05, 0.1) is 26.4 Å². The third-order valence-electron chi connectivity index (χ3n) is 18.7. The molecule has 19 heteroatoms. The predicted octanol–water partition coefficient (Wildman–Crippen LogP) is 23.9. The average Bonchev–Trinajstić information content (AvgIpc) is 1.29. The predicted molar refractivity (Wildman–Crippen MR) is 405 cm³/mol. The van der Waals surface area contributed by atoms with Crippen molar-refractivity contribution in [3.05, 3.63) is 0 Å². The number of phosphoric ester groups is 2. The van der Waals surface area contributed by atoms with E-state index in [-0.39, 0.29) is 25.7 Å². The molecule has 0 aliphatic heterocycles. The minimum Gasteiger partial charge on any atom is -0.462 e. The molecular weight excluding hydrogens is 1290 g/mol. The Kier molecular flexibility index (Phi) is 70.3. The summed E-state index contributed by atoms with van der Waals surface area (Å²) < 4.78 is 68.5. The topological polar surface area (TPSA) is 237 Å². The molecule has 0 saturated heterocycles. The fourth-order valence-electron chi connectivity index (χ4n) is 12.4. The van der Waals surface area contributed by atoms with Gasteiger partial charge in [0.15, 0.2) is 12.2 Å². The molecule has 2 unspecified atom stereocenters. The number of aliphatic hydroxyl groups is 1. The molecule has 17 nitrogen and oxygen atoms in total. The quantitative estimate of drug-likeness (QED) is 0.0222. The first-order chi connectivity index (χ1) is 47.9. The molecule has 0 rings (SSSR count). The van der Waals surface area contributed by atoms with Crippen molar-refractivity contribution in [2.75, 3.05) is 39.6 Å². The molecule has 0 aromatic carbocycles. The summed E-state index contributed by atoms with van der Waals surface area (Å²) >= 11 is 0.